The van der Waals surface area contributed by atoms with Crippen LogP contribution in [0, 0.1) is 23.2 Å². The van der Waals surface area contributed by atoms with Crippen molar-refractivity contribution in [2.24, 2.45) is 23.2 Å². The van der Waals surface area contributed by atoms with Crippen LogP contribution in [0.5, 0.6) is 0 Å². The zero-order valence-corrected chi connectivity index (χ0v) is 16.8. The molecule has 0 saturated heterocycles. The topological polar surface area (TPSA) is 52.6 Å². The van der Waals surface area contributed by atoms with E-state index < -0.39 is 0 Å². The first-order valence-corrected chi connectivity index (χ1v) is 9.84. The Labute approximate surface area is 158 Å². The third-order valence-corrected chi connectivity index (χ3v) is 6.68. The van der Waals surface area contributed by atoms with Crippen LogP contribution in [0.2, 0.25) is 0 Å². The summed E-state index contributed by atoms with van der Waals surface area (Å²) in [6.45, 7) is 10.6. The van der Waals surface area contributed by atoms with Gasteiger partial charge < -0.3 is 9.47 Å². The molecule has 0 aliphatic heterocycles. The molecule has 2 aliphatic rings. The molecule has 2 fully saturated rings. The van der Waals surface area contributed by atoms with Gasteiger partial charge in [-0.05, 0) is 68.8 Å². The van der Waals surface area contributed by atoms with Gasteiger partial charge in [-0.15, -0.1) is 0 Å². The van der Waals surface area contributed by atoms with Gasteiger partial charge in [0.25, 0.3) is 0 Å². The molecule has 4 atom stereocenters. The first-order valence-electron chi connectivity index (χ1n) is 9.84. The summed E-state index contributed by atoms with van der Waals surface area (Å²) >= 11 is 0. The maximum atomic E-state index is 12.3. The number of esters is 2. The maximum Gasteiger partial charge on any atom is 0.308 e. The number of fused-ring (bicyclic) bond motifs is 1. The second kappa shape index (κ2) is 8.88. The van der Waals surface area contributed by atoms with Crippen molar-refractivity contribution in [1.82, 2.24) is 0 Å². The van der Waals surface area contributed by atoms with Crippen LogP contribution in [-0.2, 0) is 19.1 Å². The van der Waals surface area contributed by atoms with Gasteiger partial charge in [-0.3, -0.25) is 9.59 Å². The summed E-state index contributed by atoms with van der Waals surface area (Å²) in [6.07, 6.45) is 9.25. The summed E-state index contributed by atoms with van der Waals surface area (Å²) in [5.41, 5.74) is 2.70. The lowest BCUT2D eigenvalue weighted by Gasteiger charge is -2.54. The van der Waals surface area contributed by atoms with Gasteiger partial charge in [0.05, 0.1) is 13.0 Å². The van der Waals surface area contributed by atoms with Crippen molar-refractivity contribution in [1.29, 1.82) is 0 Å². The quantitative estimate of drug-likeness (QED) is 0.501. The molecule has 0 unspecified atom stereocenters. The Bertz CT molecular complexity index is 577. The minimum atomic E-state index is -0.249. The molecule has 2 saturated carbocycles. The highest BCUT2D eigenvalue weighted by Crippen LogP contribution is 2.58. The molecule has 0 aromatic heterocycles. The Morgan fingerprint density at radius 2 is 2.04 bits per heavy atom. The van der Waals surface area contributed by atoms with Crippen LogP contribution in [0.4, 0.5) is 0 Å². The second-order valence-electron chi connectivity index (χ2n) is 8.28. The smallest absolute Gasteiger partial charge is 0.308 e. The van der Waals surface area contributed by atoms with Crippen molar-refractivity contribution >= 4 is 11.9 Å². The normalized spacial score (nSPS) is 31.9. The van der Waals surface area contributed by atoms with Crippen LogP contribution >= 0.6 is 0 Å². The van der Waals surface area contributed by atoms with Crippen LogP contribution in [0.1, 0.15) is 65.7 Å². The van der Waals surface area contributed by atoms with E-state index in [0.29, 0.717) is 18.4 Å². The molecule has 4 nitrogen and oxygen atoms in total. The molecule has 26 heavy (non-hydrogen) atoms. The molecule has 0 radical (unpaired) electrons. The Morgan fingerprint density at radius 3 is 2.69 bits per heavy atom. The third kappa shape index (κ3) is 4.57. The summed E-state index contributed by atoms with van der Waals surface area (Å²) < 4.78 is 10.1. The van der Waals surface area contributed by atoms with E-state index in [-0.39, 0.29) is 23.3 Å². The predicted molar refractivity (Wildman–Crippen MR) is 102 cm³/mol. The van der Waals surface area contributed by atoms with Crippen molar-refractivity contribution < 1.29 is 19.1 Å². The van der Waals surface area contributed by atoms with Crippen LogP contribution in [-0.4, -0.2) is 25.7 Å². The van der Waals surface area contributed by atoms with E-state index in [1.165, 1.54) is 25.2 Å². The lowest BCUT2D eigenvalue weighted by atomic mass is 9.50. The van der Waals surface area contributed by atoms with Crippen molar-refractivity contribution in [3.63, 3.8) is 0 Å². The number of ether oxygens (including phenoxy) is 2. The van der Waals surface area contributed by atoms with Gasteiger partial charge in [-0.2, -0.15) is 0 Å². The Kier molecular flexibility index (Phi) is 7.08. The number of carbonyl (C=O) groups is 2. The molecule has 0 aromatic rings. The van der Waals surface area contributed by atoms with E-state index in [1.807, 2.05) is 6.08 Å². The summed E-state index contributed by atoms with van der Waals surface area (Å²) in [6, 6.07) is 0. The van der Waals surface area contributed by atoms with Gasteiger partial charge in [0.15, 0.2) is 0 Å². The first-order chi connectivity index (χ1) is 12.3. The van der Waals surface area contributed by atoms with Crippen LogP contribution < -0.4 is 0 Å². The van der Waals surface area contributed by atoms with Crippen molar-refractivity contribution in [2.75, 3.05) is 13.7 Å². The van der Waals surface area contributed by atoms with Gasteiger partial charge in [0, 0.05) is 6.92 Å². The average molecular weight is 363 g/mol. The lowest BCUT2D eigenvalue weighted by Crippen LogP contribution is -2.48. The van der Waals surface area contributed by atoms with Gasteiger partial charge in [-0.1, -0.05) is 31.1 Å². The molecule has 0 bridgehead atoms. The van der Waals surface area contributed by atoms with Gasteiger partial charge >= 0.3 is 11.9 Å². The molecule has 0 N–H and O–H groups in total. The van der Waals surface area contributed by atoms with Gasteiger partial charge in [0.2, 0.25) is 0 Å². The largest absolute Gasteiger partial charge is 0.469 e. The molecule has 0 amide bonds. The monoisotopic (exact) mass is 362 g/mol. The first kappa shape index (κ1) is 20.7. The minimum absolute atomic E-state index is 0.0370. The van der Waals surface area contributed by atoms with E-state index in [9.17, 15) is 9.59 Å². The summed E-state index contributed by atoms with van der Waals surface area (Å²) in [7, 11) is 1.50. The van der Waals surface area contributed by atoms with Gasteiger partial charge in [-0.25, -0.2) is 0 Å². The molecular formula is C22H34O4. The summed E-state index contributed by atoms with van der Waals surface area (Å²) in [5, 5.41) is 0. The second-order valence-corrected chi connectivity index (χ2v) is 8.28. The highest BCUT2D eigenvalue weighted by molar-refractivity contribution is 5.73. The van der Waals surface area contributed by atoms with Crippen molar-refractivity contribution in [2.45, 2.75) is 65.7 Å². The molecule has 146 valence electrons. The van der Waals surface area contributed by atoms with Gasteiger partial charge in [0.1, 0.15) is 6.61 Å². The number of carbonyl (C=O) groups excluding carboxylic acids is 2. The van der Waals surface area contributed by atoms with Crippen molar-refractivity contribution in [3.8, 4) is 0 Å². The maximum absolute atomic E-state index is 12.3. The number of rotatable bonds is 6. The number of allylic oxidation sites excluding steroid dienone is 2. The molecule has 0 aromatic carbocycles. The van der Waals surface area contributed by atoms with Crippen LogP contribution in [0.15, 0.2) is 23.8 Å². The fourth-order valence-corrected chi connectivity index (χ4v) is 5.24. The van der Waals surface area contributed by atoms with E-state index >= 15 is 0 Å². The molecule has 4 heteroatoms. The minimum Gasteiger partial charge on any atom is -0.469 e. The number of methoxy groups -OCH3 is 1. The van der Waals surface area contributed by atoms with Crippen molar-refractivity contribution in [3.05, 3.63) is 23.8 Å². The SMILES string of the molecule is C=C1CC[C@@H]2[C@@H](C(=O)OC)CCC[C@]2(C)[C@@H]1CC/C(C)=C/COC(C)=O. The lowest BCUT2D eigenvalue weighted by molar-refractivity contribution is -0.154. The van der Waals surface area contributed by atoms with E-state index in [0.717, 1.165) is 44.9 Å². The Balaban J connectivity index is 2.07. The number of hydrogen-bond acceptors (Lipinski definition) is 4. The predicted octanol–water partition coefficient (Wildman–Crippen LogP) is 4.84. The van der Waals surface area contributed by atoms with E-state index in [2.05, 4.69) is 20.4 Å². The highest BCUT2D eigenvalue weighted by atomic mass is 16.5. The number of hydrogen-bond donors (Lipinski definition) is 0. The van der Waals surface area contributed by atoms with Crippen LogP contribution in [0.25, 0.3) is 0 Å². The Morgan fingerprint density at radius 1 is 1.31 bits per heavy atom. The van der Waals surface area contributed by atoms with E-state index in [4.69, 9.17) is 9.47 Å². The highest BCUT2D eigenvalue weighted by Gasteiger charge is 2.51. The molecule has 0 heterocycles. The van der Waals surface area contributed by atoms with Crippen LogP contribution in [0.3, 0.4) is 0 Å². The third-order valence-electron chi connectivity index (χ3n) is 6.68. The fourth-order valence-electron chi connectivity index (χ4n) is 5.24. The molecular weight excluding hydrogens is 328 g/mol. The van der Waals surface area contributed by atoms with E-state index in [1.54, 1.807) is 0 Å². The molecule has 2 aliphatic carbocycles. The molecule has 2 rings (SSSR count). The standard InChI is InChI=1S/C22H34O4/c1-15(12-14-26-17(3)23)8-10-19-16(2)9-11-20-18(21(24)25-5)7-6-13-22(19,20)4/h12,18-20H,2,6-11,13-14H2,1,3-5H3/b15-12+/t18-,19+,20+,22+/m0/s1. The summed E-state index contributed by atoms with van der Waals surface area (Å²) in [5.74, 6) is 0.580. The Hall–Kier alpha value is -1.58. The zero-order valence-electron chi connectivity index (χ0n) is 16.8. The summed E-state index contributed by atoms with van der Waals surface area (Å²) in [4.78, 5) is 23.2. The molecule has 0 spiro atoms. The zero-order chi connectivity index (χ0) is 19.3. The fraction of sp³-hybridized carbons (Fsp3) is 0.727. The average Bonchev–Trinajstić information content (AvgIpc) is 2.59.